The van der Waals surface area contributed by atoms with E-state index in [1.54, 1.807) is 55.5 Å². The summed E-state index contributed by atoms with van der Waals surface area (Å²) in [4.78, 5) is 38.2. The zero-order valence-electron chi connectivity index (χ0n) is 16.2. The average molecular weight is 384 g/mol. The number of rotatable bonds is 8. The lowest BCUT2D eigenvalue weighted by Gasteiger charge is -2.23. The minimum Gasteiger partial charge on any atom is -0.492 e. The van der Waals surface area contributed by atoms with Gasteiger partial charge in [0.05, 0.1) is 30.2 Å². The largest absolute Gasteiger partial charge is 0.492 e. The molecule has 0 saturated carbocycles. The Morgan fingerprint density at radius 1 is 0.964 bits per heavy atom. The van der Waals surface area contributed by atoms with Crippen LogP contribution in [0.3, 0.4) is 0 Å². The molecule has 0 aliphatic heterocycles. The molecule has 0 spiro atoms. The zero-order valence-corrected chi connectivity index (χ0v) is 16.2. The summed E-state index contributed by atoms with van der Waals surface area (Å²) in [6.45, 7) is 5.30. The summed E-state index contributed by atoms with van der Waals surface area (Å²) in [5, 5.41) is 2.75. The van der Waals surface area contributed by atoms with Crippen molar-refractivity contribution >= 4 is 29.2 Å². The first-order chi connectivity index (χ1) is 13.5. The predicted octanol–water partition coefficient (Wildman–Crippen LogP) is 3.25. The Morgan fingerprint density at radius 2 is 1.64 bits per heavy atom. The second kappa shape index (κ2) is 10.1. The van der Waals surface area contributed by atoms with E-state index in [-0.39, 0.29) is 24.6 Å². The molecule has 2 amide bonds. The van der Waals surface area contributed by atoms with Gasteiger partial charge in [-0.15, -0.1) is 0 Å². The molecule has 0 aliphatic rings. The van der Waals surface area contributed by atoms with Gasteiger partial charge in [0.1, 0.15) is 12.3 Å². The second-order valence-corrected chi connectivity index (χ2v) is 5.82. The van der Waals surface area contributed by atoms with E-state index in [1.807, 2.05) is 6.92 Å². The Bertz CT molecular complexity index is 850. The normalized spacial score (nSPS) is 10.1. The van der Waals surface area contributed by atoms with Crippen molar-refractivity contribution < 1.29 is 23.9 Å². The van der Waals surface area contributed by atoms with Crippen molar-refractivity contribution in [1.29, 1.82) is 0 Å². The molecule has 0 radical (unpaired) electrons. The van der Waals surface area contributed by atoms with Crippen LogP contribution < -0.4 is 15.0 Å². The molecule has 2 rings (SSSR count). The third kappa shape index (κ3) is 5.33. The van der Waals surface area contributed by atoms with Crippen LogP contribution in [0.2, 0.25) is 0 Å². The minimum atomic E-state index is -0.550. The Hall–Kier alpha value is -3.35. The molecule has 2 aromatic rings. The Balaban J connectivity index is 2.24. The van der Waals surface area contributed by atoms with Crippen LogP contribution in [0.25, 0.3) is 0 Å². The molecule has 2 aromatic carbocycles. The maximum Gasteiger partial charge on any atom is 0.340 e. The number of esters is 1. The smallest absolute Gasteiger partial charge is 0.340 e. The molecule has 7 nitrogen and oxygen atoms in total. The van der Waals surface area contributed by atoms with Gasteiger partial charge in [-0.05, 0) is 38.1 Å². The van der Waals surface area contributed by atoms with Crippen molar-refractivity contribution in [2.24, 2.45) is 0 Å². The van der Waals surface area contributed by atoms with Crippen molar-refractivity contribution in [2.75, 3.05) is 30.0 Å². The van der Waals surface area contributed by atoms with E-state index in [2.05, 4.69) is 5.32 Å². The van der Waals surface area contributed by atoms with Gasteiger partial charge < -0.3 is 19.7 Å². The summed E-state index contributed by atoms with van der Waals surface area (Å²) >= 11 is 0. The molecule has 7 heteroatoms. The molecular weight excluding hydrogens is 360 g/mol. The van der Waals surface area contributed by atoms with Crippen molar-refractivity contribution in [3.63, 3.8) is 0 Å². The number of carbonyl (C=O) groups excluding carboxylic acids is 3. The Kier molecular flexibility index (Phi) is 7.56. The van der Waals surface area contributed by atoms with Gasteiger partial charge >= 0.3 is 5.97 Å². The van der Waals surface area contributed by atoms with Gasteiger partial charge in [0.15, 0.2) is 0 Å². The van der Waals surface area contributed by atoms with Gasteiger partial charge in [-0.25, -0.2) is 4.79 Å². The molecule has 0 atom stereocenters. The number of carbonyl (C=O) groups is 3. The first-order valence-corrected chi connectivity index (χ1v) is 9.03. The highest BCUT2D eigenvalue weighted by Crippen LogP contribution is 2.25. The fourth-order valence-electron chi connectivity index (χ4n) is 2.64. The number of hydrogen-bond donors (Lipinski definition) is 1. The molecule has 28 heavy (non-hydrogen) atoms. The van der Waals surface area contributed by atoms with E-state index in [0.717, 1.165) is 0 Å². The average Bonchev–Trinajstić information content (AvgIpc) is 2.68. The molecule has 0 fully saturated rings. The van der Waals surface area contributed by atoms with Crippen LogP contribution in [0.4, 0.5) is 11.4 Å². The summed E-state index contributed by atoms with van der Waals surface area (Å²) in [5.41, 5.74) is 1.06. The Morgan fingerprint density at radius 3 is 2.32 bits per heavy atom. The maximum absolute atomic E-state index is 12.6. The van der Waals surface area contributed by atoms with Gasteiger partial charge in [-0.1, -0.05) is 24.3 Å². The highest BCUT2D eigenvalue weighted by molar-refractivity contribution is 6.06. The number of ether oxygens (including phenoxy) is 2. The fourth-order valence-corrected chi connectivity index (χ4v) is 2.64. The third-order valence-electron chi connectivity index (χ3n) is 3.83. The summed E-state index contributed by atoms with van der Waals surface area (Å²) in [5.74, 6) is -0.794. The van der Waals surface area contributed by atoms with E-state index in [1.165, 1.54) is 11.8 Å². The number of benzene rings is 2. The lowest BCUT2D eigenvalue weighted by Crippen LogP contribution is -2.37. The van der Waals surface area contributed by atoms with Gasteiger partial charge in [0.25, 0.3) is 0 Å². The summed E-state index contributed by atoms with van der Waals surface area (Å²) in [6.07, 6.45) is 0. The molecule has 0 aliphatic carbocycles. The van der Waals surface area contributed by atoms with Gasteiger partial charge in [0, 0.05) is 6.92 Å². The van der Waals surface area contributed by atoms with Crippen LogP contribution in [0, 0.1) is 0 Å². The predicted molar refractivity (Wildman–Crippen MR) is 107 cm³/mol. The number of para-hydroxylation sites is 3. The number of nitrogens with one attached hydrogen (secondary N) is 1. The first-order valence-electron chi connectivity index (χ1n) is 9.03. The van der Waals surface area contributed by atoms with Crippen LogP contribution in [0.15, 0.2) is 48.5 Å². The number of anilines is 2. The van der Waals surface area contributed by atoms with E-state index >= 15 is 0 Å². The lowest BCUT2D eigenvalue weighted by atomic mass is 10.1. The van der Waals surface area contributed by atoms with Crippen molar-refractivity contribution in [2.45, 2.75) is 20.8 Å². The van der Waals surface area contributed by atoms with Crippen molar-refractivity contribution in [1.82, 2.24) is 0 Å². The number of nitrogens with zero attached hydrogens (tertiary/aromatic N) is 1. The topological polar surface area (TPSA) is 84.9 Å². The van der Waals surface area contributed by atoms with Crippen LogP contribution in [-0.4, -0.2) is 37.5 Å². The summed E-state index contributed by atoms with van der Waals surface area (Å²) in [7, 11) is 0. The molecular formula is C21H24N2O5. The van der Waals surface area contributed by atoms with Crippen LogP contribution in [-0.2, 0) is 14.3 Å². The Labute approximate surface area is 164 Å². The fraction of sp³-hybridized carbons (Fsp3) is 0.286. The standard InChI is InChI=1S/C21H24N2O5/c1-4-27-19-13-9-7-11-17(19)22-20(25)14-23(15(3)24)18-12-8-6-10-16(18)21(26)28-5-2/h6-13H,4-5,14H2,1-3H3,(H,22,25). The van der Waals surface area contributed by atoms with Gasteiger partial charge in [0.2, 0.25) is 11.8 Å². The van der Waals surface area contributed by atoms with Gasteiger partial charge in [-0.3, -0.25) is 9.59 Å². The number of hydrogen-bond acceptors (Lipinski definition) is 5. The molecule has 0 unspecified atom stereocenters. The zero-order chi connectivity index (χ0) is 20.5. The van der Waals surface area contributed by atoms with Crippen LogP contribution in [0.5, 0.6) is 5.75 Å². The minimum absolute atomic E-state index is 0.210. The van der Waals surface area contributed by atoms with E-state index < -0.39 is 11.9 Å². The second-order valence-electron chi connectivity index (χ2n) is 5.82. The van der Waals surface area contributed by atoms with Crippen LogP contribution in [0.1, 0.15) is 31.1 Å². The summed E-state index contributed by atoms with van der Waals surface area (Å²) in [6, 6.07) is 13.6. The van der Waals surface area contributed by atoms with Gasteiger partial charge in [-0.2, -0.15) is 0 Å². The van der Waals surface area contributed by atoms with E-state index in [0.29, 0.717) is 23.7 Å². The first kappa shape index (κ1) is 21.0. The molecule has 0 bridgehead atoms. The molecule has 0 aromatic heterocycles. The number of amides is 2. The third-order valence-corrected chi connectivity index (χ3v) is 3.83. The van der Waals surface area contributed by atoms with Crippen molar-refractivity contribution in [3.05, 3.63) is 54.1 Å². The van der Waals surface area contributed by atoms with Crippen molar-refractivity contribution in [3.8, 4) is 5.75 Å². The SMILES string of the molecule is CCOC(=O)c1ccccc1N(CC(=O)Nc1ccccc1OCC)C(C)=O. The molecule has 0 heterocycles. The molecule has 1 N–H and O–H groups in total. The van der Waals surface area contributed by atoms with E-state index in [9.17, 15) is 14.4 Å². The van der Waals surface area contributed by atoms with E-state index in [4.69, 9.17) is 9.47 Å². The highest BCUT2D eigenvalue weighted by atomic mass is 16.5. The molecule has 148 valence electrons. The quantitative estimate of drug-likeness (QED) is 0.706. The summed E-state index contributed by atoms with van der Waals surface area (Å²) < 4.78 is 10.5. The monoisotopic (exact) mass is 384 g/mol. The van der Waals surface area contributed by atoms with Crippen LogP contribution >= 0.6 is 0 Å². The lowest BCUT2D eigenvalue weighted by molar-refractivity contribution is -0.120. The molecule has 0 saturated heterocycles. The maximum atomic E-state index is 12.6. The highest BCUT2D eigenvalue weighted by Gasteiger charge is 2.22.